The molecule has 0 spiro atoms. The van der Waals surface area contributed by atoms with Gasteiger partial charge in [0, 0.05) is 0 Å². The predicted octanol–water partition coefficient (Wildman–Crippen LogP) is 12.9. The van der Waals surface area contributed by atoms with Gasteiger partial charge in [0.05, 0.1) is 26.2 Å². The third-order valence-electron chi connectivity index (χ3n) is 12.1. The molecule has 350 valence electrons. The van der Waals surface area contributed by atoms with E-state index < -0.39 is 7.12 Å². The summed E-state index contributed by atoms with van der Waals surface area (Å²) in [5.74, 6) is 0. The Morgan fingerprint density at radius 3 is 0.644 bits per heavy atom. The summed E-state index contributed by atoms with van der Waals surface area (Å²) in [7, 11) is -1.84. The molecule has 0 aromatic heterocycles. The molecule has 5 heteroatoms. The van der Waals surface area contributed by atoms with Crippen molar-refractivity contribution in [3.63, 3.8) is 0 Å². The fraction of sp³-hybridized carbons (Fsp3) is 0.889. The van der Waals surface area contributed by atoms with Gasteiger partial charge in [-0.25, -0.2) is 0 Å². The SMILES string of the molecule is CCCCCCCCCCCC[NH2+]CCCCCCCCCCCC.CCCCCCCCCCCC[NH2+]CCCCCCCCCCCC.[O-]B([O-])c1ccccc1. The molecule has 0 bridgehead atoms. The van der Waals surface area contributed by atoms with Gasteiger partial charge in [0.2, 0.25) is 0 Å². The largest absolute Gasteiger partial charge is 0.889 e. The first-order valence-electron chi connectivity index (χ1n) is 27.1. The first-order chi connectivity index (χ1) is 29.1. The van der Waals surface area contributed by atoms with E-state index in [4.69, 9.17) is 0 Å². The molecule has 4 nitrogen and oxygen atoms in total. The van der Waals surface area contributed by atoms with E-state index in [0.717, 1.165) is 0 Å². The number of hydrogen-bond donors (Lipinski definition) is 2. The lowest BCUT2D eigenvalue weighted by Crippen LogP contribution is -2.84. The highest BCUT2D eigenvalue weighted by atomic mass is 16.4. The first kappa shape index (κ1) is 60.2. The zero-order valence-electron chi connectivity index (χ0n) is 41.0. The summed E-state index contributed by atoms with van der Waals surface area (Å²) in [6.07, 6.45) is 58.2. The summed E-state index contributed by atoms with van der Waals surface area (Å²) in [5.41, 5.74) is 0.303. The Labute approximate surface area is 373 Å². The highest BCUT2D eigenvalue weighted by molar-refractivity contribution is 6.55. The third kappa shape index (κ3) is 57.1. The summed E-state index contributed by atoms with van der Waals surface area (Å²) in [5, 5.41) is 25.5. The smallest absolute Gasteiger partial charge is 0.0755 e. The lowest BCUT2D eigenvalue weighted by molar-refractivity contribution is -0.655. The van der Waals surface area contributed by atoms with E-state index in [2.05, 4.69) is 38.3 Å². The van der Waals surface area contributed by atoms with Crippen LogP contribution in [-0.2, 0) is 0 Å². The van der Waals surface area contributed by atoms with E-state index in [1.54, 1.807) is 18.2 Å². The zero-order valence-corrected chi connectivity index (χ0v) is 41.0. The molecule has 0 amide bonds. The average Bonchev–Trinajstić information content (AvgIpc) is 3.25. The van der Waals surface area contributed by atoms with Crippen LogP contribution in [0, 0.1) is 0 Å². The van der Waals surface area contributed by atoms with Crippen LogP contribution in [0.5, 0.6) is 0 Å². The summed E-state index contributed by atoms with van der Waals surface area (Å²) in [4.78, 5) is 0. The molecule has 1 aromatic rings. The molecule has 0 heterocycles. The average molecular weight is 829 g/mol. The molecule has 0 radical (unpaired) electrons. The van der Waals surface area contributed by atoms with Crippen LogP contribution in [0.1, 0.15) is 285 Å². The van der Waals surface area contributed by atoms with E-state index in [1.165, 1.54) is 295 Å². The van der Waals surface area contributed by atoms with E-state index in [0.29, 0.717) is 5.46 Å². The maximum absolute atomic E-state index is 10.2. The van der Waals surface area contributed by atoms with Crippen LogP contribution in [0.15, 0.2) is 30.3 Å². The molecular formula is C54H109BN2O2. The van der Waals surface area contributed by atoms with Gasteiger partial charge in [0.15, 0.2) is 0 Å². The number of hydrogen-bond acceptors (Lipinski definition) is 2. The quantitative estimate of drug-likeness (QED) is 0.0507. The van der Waals surface area contributed by atoms with Crippen molar-refractivity contribution in [2.75, 3.05) is 26.2 Å². The second-order valence-corrected chi connectivity index (χ2v) is 18.2. The van der Waals surface area contributed by atoms with Crippen molar-refractivity contribution < 1.29 is 20.7 Å². The zero-order chi connectivity index (χ0) is 43.2. The maximum Gasteiger partial charge on any atom is 0.0755 e. The lowest BCUT2D eigenvalue weighted by Gasteiger charge is -2.26. The van der Waals surface area contributed by atoms with Crippen molar-refractivity contribution in [2.45, 2.75) is 285 Å². The monoisotopic (exact) mass is 829 g/mol. The maximum atomic E-state index is 10.2. The summed E-state index contributed by atoms with van der Waals surface area (Å²) in [6, 6.07) is 8.19. The Morgan fingerprint density at radius 1 is 0.288 bits per heavy atom. The van der Waals surface area contributed by atoms with Gasteiger partial charge in [-0.15, -0.1) is 5.46 Å². The van der Waals surface area contributed by atoms with Crippen LogP contribution in [-0.4, -0.2) is 33.3 Å². The van der Waals surface area contributed by atoms with Crippen molar-refractivity contribution in [1.82, 2.24) is 0 Å². The third-order valence-corrected chi connectivity index (χ3v) is 12.1. The number of unbranched alkanes of at least 4 members (excludes halogenated alkanes) is 36. The fourth-order valence-corrected chi connectivity index (χ4v) is 8.00. The summed E-state index contributed by atoms with van der Waals surface area (Å²) < 4.78 is 0. The standard InChI is InChI=1S/2C24H51N.C6H5BO2/c2*1-3-5-7-9-11-13-15-17-19-21-23-25-24-22-20-18-16-14-12-10-8-6-4-2;8-7(9)6-4-2-1-3-5-6/h2*25H,3-24H2,1-2H3;1-5H/q;;-2/p+2. The van der Waals surface area contributed by atoms with Crippen LogP contribution in [0.4, 0.5) is 0 Å². The van der Waals surface area contributed by atoms with Gasteiger partial charge in [0.1, 0.15) is 0 Å². The highest BCUT2D eigenvalue weighted by Crippen LogP contribution is 2.13. The summed E-state index contributed by atoms with van der Waals surface area (Å²) >= 11 is 0. The van der Waals surface area contributed by atoms with Crippen LogP contribution < -0.4 is 26.1 Å². The molecule has 59 heavy (non-hydrogen) atoms. The van der Waals surface area contributed by atoms with Crippen molar-refractivity contribution in [1.29, 1.82) is 0 Å². The fourth-order valence-electron chi connectivity index (χ4n) is 8.00. The molecule has 1 aromatic carbocycles. The van der Waals surface area contributed by atoms with Crippen molar-refractivity contribution in [2.24, 2.45) is 0 Å². The van der Waals surface area contributed by atoms with Crippen LogP contribution >= 0.6 is 0 Å². The van der Waals surface area contributed by atoms with Gasteiger partial charge in [-0.1, -0.05) is 271 Å². The topological polar surface area (TPSA) is 79.3 Å². The Balaban J connectivity index is 0. The van der Waals surface area contributed by atoms with Crippen LogP contribution in [0.25, 0.3) is 0 Å². The van der Waals surface area contributed by atoms with Crippen LogP contribution in [0.3, 0.4) is 0 Å². The van der Waals surface area contributed by atoms with Crippen molar-refractivity contribution in [3.05, 3.63) is 30.3 Å². The molecule has 0 fully saturated rings. The molecule has 1 rings (SSSR count). The minimum Gasteiger partial charge on any atom is -0.889 e. The van der Waals surface area contributed by atoms with Crippen LogP contribution in [0.2, 0.25) is 0 Å². The minimum absolute atomic E-state index is 0.303. The molecule has 0 atom stereocenters. The van der Waals surface area contributed by atoms with Gasteiger partial charge in [-0.3, -0.25) is 0 Å². The lowest BCUT2D eigenvalue weighted by atomic mass is 9.81. The summed E-state index contributed by atoms with van der Waals surface area (Å²) in [6.45, 7) is 14.7. The second kappa shape index (κ2) is 57.1. The molecule has 0 saturated heterocycles. The van der Waals surface area contributed by atoms with Crippen molar-refractivity contribution >= 4 is 12.6 Å². The Hall–Kier alpha value is -0.875. The number of rotatable bonds is 45. The predicted molar refractivity (Wildman–Crippen MR) is 263 cm³/mol. The van der Waals surface area contributed by atoms with Gasteiger partial charge in [-0.05, 0) is 51.4 Å². The first-order valence-corrected chi connectivity index (χ1v) is 27.1. The Kier molecular flexibility index (Phi) is 58.3. The van der Waals surface area contributed by atoms with Gasteiger partial charge in [0.25, 0.3) is 0 Å². The van der Waals surface area contributed by atoms with E-state index in [-0.39, 0.29) is 0 Å². The second-order valence-electron chi connectivity index (χ2n) is 18.2. The molecule has 4 N–H and O–H groups in total. The highest BCUT2D eigenvalue weighted by Gasteiger charge is 1.98. The Bertz CT molecular complexity index is 736. The molecular weight excluding hydrogens is 719 g/mol. The van der Waals surface area contributed by atoms with E-state index in [9.17, 15) is 10.0 Å². The van der Waals surface area contributed by atoms with Crippen molar-refractivity contribution in [3.8, 4) is 0 Å². The number of quaternary nitrogens is 2. The number of benzene rings is 1. The van der Waals surface area contributed by atoms with E-state index in [1.807, 2.05) is 0 Å². The molecule has 0 aliphatic rings. The Morgan fingerprint density at radius 2 is 0.475 bits per heavy atom. The molecule has 0 aliphatic carbocycles. The minimum atomic E-state index is -1.84. The normalized spacial score (nSPS) is 10.9. The van der Waals surface area contributed by atoms with E-state index >= 15 is 0 Å². The molecule has 0 unspecified atom stereocenters. The number of nitrogens with two attached hydrogens (primary N) is 2. The van der Waals surface area contributed by atoms with Gasteiger partial charge in [-0.2, -0.15) is 0 Å². The van der Waals surface area contributed by atoms with Gasteiger partial charge >= 0.3 is 0 Å². The molecule has 0 aliphatic heterocycles. The molecule has 0 saturated carbocycles. The van der Waals surface area contributed by atoms with Gasteiger partial charge < -0.3 is 20.7 Å².